The molecule has 0 radical (unpaired) electrons. The molecule has 2 aromatic rings. The third-order valence-electron chi connectivity index (χ3n) is 5.24. The molecule has 1 atom stereocenters. The Balaban J connectivity index is 1.66. The molecule has 0 bridgehead atoms. The van der Waals surface area contributed by atoms with Crippen molar-refractivity contribution in [2.24, 2.45) is 0 Å². The number of nitrogens with zero attached hydrogens (tertiary/aromatic N) is 1. The molecule has 2 aromatic carbocycles. The Labute approximate surface area is 161 Å². The Hall–Kier alpha value is -2.53. The van der Waals surface area contributed by atoms with Gasteiger partial charge in [0.15, 0.2) is 0 Å². The highest BCUT2D eigenvalue weighted by Gasteiger charge is 2.30. The van der Waals surface area contributed by atoms with Crippen LogP contribution in [0.25, 0.3) is 0 Å². The average molecular weight is 368 g/mol. The zero-order valence-electron chi connectivity index (χ0n) is 16.3. The molecular formula is C22H28N2O3. The van der Waals surface area contributed by atoms with Gasteiger partial charge in [0.05, 0.1) is 20.8 Å². The molecule has 3 rings (SSSR count). The molecule has 1 heterocycles. The first-order valence-electron chi connectivity index (χ1n) is 9.39. The first kappa shape index (κ1) is 19.2. The maximum Gasteiger partial charge on any atom is 0.234 e. The number of amides is 1. The van der Waals surface area contributed by atoms with Crippen LogP contribution >= 0.6 is 0 Å². The van der Waals surface area contributed by atoms with E-state index in [2.05, 4.69) is 29.3 Å². The Kier molecular flexibility index (Phi) is 6.35. The highest BCUT2D eigenvalue weighted by atomic mass is 16.5. The molecule has 0 spiro atoms. The lowest BCUT2D eigenvalue weighted by molar-refractivity contribution is -0.122. The Morgan fingerprint density at radius 1 is 1.19 bits per heavy atom. The van der Waals surface area contributed by atoms with Crippen molar-refractivity contribution >= 4 is 5.91 Å². The van der Waals surface area contributed by atoms with Crippen LogP contribution in [0.1, 0.15) is 35.6 Å². The zero-order valence-corrected chi connectivity index (χ0v) is 16.3. The maximum absolute atomic E-state index is 12.5. The number of rotatable bonds is 7. The van der Waals surface area contributed by atoms with E-state index in [1.807, 2.05) is 30.3 Å². The van der Waals surface area contributed by atoms with E-state index >= 15 is 0 Å². The van der Waals surface area contributed by atoms with E-state index in [4.69, 9.17) is 9.47 Å². The minimum Gasteiger partial charge on any atom is -0.497 e. The first-order valence-corrected chi connectivity index (χ1v) is 9.39. The molecule has 0 aliphatic carbocycles. The molecule has 1 saturated heterocycles. The van der Waals surface area contributed by atoms with Crippen molar-refractivity contribution < 1.29 is 14.3 Å². The predicted octanol–water partition coefficient (Wildman–Crippen LogP) is 3.47. The molecule has 27 heavy (non-hydrogen) atoms. The standard InChI is InChI=1S/C22H28N2O3/c1-16-7-4-5-8-17(16)14-23-22(25)15-24-12-6-9-20(24)19-13-18(26-2)10-11-21(19)27-3/h4-5,7-8,10-11,13,20H,6,9,12,14-15H2,1-3H3,(H,23,25)/t20-/m1/s1. The summed E-state index contributed by atoms with van der Waals surface area (Å²) in [6.45, 7) is 3.92. The van der Waals surface area contributed by atoms with Gasteiger partial charge >= 0.3 is 0 Å². The topological polar surface area (TPSA) is 50.8 Å². The van der Waals surface area contributed by atoms with Crippen LogP contribution in [0.4, 0.5) is 0 Å². The monoisotopic (exact) mass is 368 g/mol. The minimum atomic E-state index is 0.0482. The summed E-state index contributed by atoms with van der Waals surface area (Å²) in [4.78, 5) is 14.8. The van der Waals surface area contributed by atoms with E-state index in [0.717, 1.165) is 42.0 Å². The van der Waals surface area contributed by atoms with E-state index in [1.165, 1.54) is 5.56 Å². The molecule has 5 nitrogen and oxygen atoms in total. The van der Waals surface area contributed by atoms with Crippen molar-refractivity contribution in [3.05, 3.63) is 59.2 Å². The lowest BCUT2D eigenvalue weighted by Crippen LogP contribution is -2.36. The van der Waals surface area contributed by atoms with Crippen LogP contribution in [0.2, 0.25) is 0 Å². The highest BCUT2D eigenvalue weighted by molar-refractivity contribution is 5.78. The van der Waals surface area contributed by atoms with Gasteiger partial charge in [-0.05, 0) is 55.6 Å². The van der Waals surface area contributed by atoms with Crippen molar-refractivity contribution in [1.82, 2.24) is 10.2 Å². The average Bonchev–Trinajstić information content (AvgIpc) is 3.14. The normalized spacial score (nSPS) is 16.9. The second-order valence-corrected chi connectivity index (χ2v) is 6.94. The van der Waals surface area contributed by atoms with Crippen molar-refractivity contribution in [3.63, 3.8) is 0 Å². The summed E-state index contributed by atoms with van der Waals surface area (Å²) in [6.07, 6.45) is 2.07. The lowest BCUT2D eigenvalue weighted by atomic mass is 10.0. The van der Waals surface area contributed by atoms with E-state index in [0.29, 0.717) is 13.1 Å². The van der Waals surface area contributed by atoms with Crippen molar-refractivity contribution in [1.29, 1.82) is 0 Å². The van der Waals surface area contributed by atoms with Gasteiger partial charge in [-0.15, -0.1) is 0 Å². The van der Waals surface area contributed by atoms with Gasteiger partial charge in [0.2, 0.25) is 5.91 Å². The maximum atomic E-state index is 12.5. The lowest BCUT2D eigenvalue weighted by Gasteiger charge is -2.26. The highest BCUT2D eigenvalue weighted by Crippen LogP contribution is 2.38. The number of methoxy groups -OCH3 is 2. The van der Waals surface area contributed by atoms with Crippen LogP contribution in [0, 0.1) is 6.92 Å². The second-order valence-electron chi connectivity index (χ2n) is 6.94. The summed E-state index contributed by atoms with van der Waals surface area (Å²) in [7, 11) is 3.34. The summed E-state index contributed by atoms with van der Waals surface area (Å²) in [5.74, 6) is 1.70. The van der Waals surface area contributed by atoms with Crippen molar-refractivity contribution in [2.75, 3.05) is 27.3 Å². The van der Waals surface area contributed by atoms with E-state index in [1.54, 1.807) is 14.2 Å². The number of benzene rings is 2. The Morgan fingerprint density at radius 3 is 2.74 bits per heavy atom. The summed E-state index contributed by atoms with van der Waals surface area (Å²) >= 11 is 0. The van der Waals surface area contributed by atoms with Crippen LogP contribution in [-0.2, 0) is 11.3 Å². The number of carbonyl (C=O) groups is 1. The molecule has 0 saturated carbocycles. The molecule has 1 N–H and O–H groups in total. The minimum absolute atomic E-state index is 0.0482. The molecule has 1 aliphatic heterocycles. The Morgan fingerprint density at radius 2 is 2.00 bits per heavy atom. The van der Waals surface area contributed by atoms with Gasteiger partial charge in [-0.1, -0.05) is 24.3 Å². The molecular weight excluding hydrogens is 340 g/mol. The van der Waals surface area contributed by atoms with Gasteiger partial charge < -0.3 is 14.8 Å². The first-order chi connectivity index (χ1) is 13.1. The molecule has 1 amide bonds. The third kappa shape index (κ3) is 4.61. The van der Waals surface area contributed by atoms with E-state index < -0.39 is 0 Å². The summed E-state index contributed by atoms with van der Waals surface area (Å²) < 4.78 is 10.9. The Bertz CT molecular complexity index is 791. The summed E-state index contributed by atoms with van der Waals surface area (Å²) in [5.41, 5.74) is 3.43. The molecule has 5 heteroatoms. The van der Waals surface area contributed by atoms with Gasteiger partial charge in [-0.3, -0.25) is 9.69 Å². The SMILES string of the molecule is COc1ccc(OC)c([C@H]2CCCN2CC(=O)NCc2ccccc2C)c1. The molecule has 1 fully saturated rings. The zero-order chi connectivity index (χ0) is 19.2. The largest absolute Gasteiger partial charge is 0.497 e. The fourth-order valence-electron chi connectivity index (χ4n) is 3.71. The number of ether oxygens (including phenoxy) is 2. The quantitative estimate of drug-likeness (QED) is 0.813. The smallest absolute Gasteiger partial charge is 0.234 e. The number of hydrogen-bond donors (Lipinski definition) is 1. The van der Waals surface area contributed by atoms with Gasteiger partial charge in [-0.25, -0.2) is 0 Å². The summed E-state index contributed by atoms with van der Waals surface area (Å²) in [6, 6.07) is 14.1. The van der Waals surface area contributed by atoms with Crippen LogP contribution < -0.4 is 14.8 Å². The van der Waals surface area contributed by atoms with Crippen LogP contribution in [0.3, 0.4) is 0 Å². The van der Waals surface area contributed by atoms with E-state index in [9.17, 15) is 4.79 Å². The fourth-order valence-corrected chi connectivity index (χ4v) is 3.71. The molecule has 0 aromatic heterocycles. The van der Waals surface area contributed by atoms with Gasteiger partial charge in [0.25, 0.3) is 0 Å². The van der Waals surface area contributed by atoms with Crippen LogP contribution in [0.15, 0.2) is 42.5 Å². The number of nitrogens with one attached hydrogen (secondary N) is 1. The number of carbonyl (C=O) groups excluding carboxylic acids is 1. The van der Waals surface area contributed by atoms with Gasteiger partial charge in [0, 0.05) is 18.2 Å². The van der Waals surface area contributed by atoms with Crippen LogP contribution in [0.5, 0.6) is 11.5 Å². The molecule has 144 valence electrons. The predicted molar refractivity (Wildman–Crippen MR) is 106 cm³/mol. The van der Waals surface area contributed by atoms with Crippen molar-refractivity contribution in [3.8, 4) is 11.5 Å². The van der Waals surface area contributed by atoms with Crippen molar-refractivity contribution in [2.45, 2.75) is 32.4 Å². The summed E-state index contributed by atoms with van der Waals surface area (Å²) in [5, 5.41) is 3.05. The fraction of sp³-hybridized carbons (Fsp3) is 0.409. The second kappa shape index (κ2) is 8.91. The number of likely N-dealkylation sites (tertiary alicyclic amines) is 1. The molecule has 1 aliphatic rings. The number of hydrogen-bond acceptors (Lipinski definition) is 4. The van der Waals surface area contributed by atoms with E-state index in [-0.39, 0.29) is 11.9 Å². The third-order valence-corrected chi connectivity index (χ3v) is 5.24. The van der Waals surface area contributed by atoms with Gasteiger partial charge in [-0.2, -0.15) is 0 Å². The van der Waals surface area contributed by atoms with Gasteiger partial charge in [0.1, 0.15) is 11.5 Å². The number of aryl methyl sites for hydroxylation is 1. The molecule has 0 unspecified atom stereocenters. The van der Waals surface area contributed by atoms with Crippen LogP contribution in [-0.4, -0.2) is 38.1 Å².